The fraction of sp³-hybridized carbons (Fsp3) is 0.188. The van der Waals surface area contributed by atoms with Crippen LogP contribution in [0.2, 0.25) is 0 Å². The Morgan fingerprint density at radius 1 is 1.25 bits per heavy atom. The van der Waals surface area contributed by atoms with Crippen LogP contribution >= 0.6 is 35.7 Å². The number of para-hydroxylation sites is 1. The maximum atomic E-state index is 12.2. The Bertz CT molecular complexity index is 789. The molecule has 0 radical (unpaired) electrons. The number of hydrogen-bond donors (Lipinski definition) is 1. The molecule has 0 atom stereocenters. The third-order valence-corrected chi connectivity index (χ3v) is 6.02. The minimum absolute atomic E-state index is 0.102. The first kappa shape index (κ1) is 17.1. The maximum Gasteiger partial charge on any atom is 0.323 e. The molecule has 2 aliphatic heterocycles. The highest BCUT2D eigenvalue weighted by atomic mass is 32.2. The van der Waals surface area contributed by atoms with Gasteiger partial charge in [-0.3, -0.25) is 14.5 Å². The topological polar surface area (TPSA) is 60.9 Å². The molecule has 1 fully saturated rings. The van der Waals surface area contributed by atoms with Crippen molar-refractivity contribution in [3.05, 3.63) is 46.4 Å². The predicted octanol–water partition coefficient (Wildman–Crippen LogP) is 3.29. The number of carbonyl (C=O) groups is 2. The number of anilines is 1. The second-order valence-electron chi connectivity index (χ2n) is 5.00. The fourth-order valence-electron chi connectivity index (χ4n) is 2.41. The number of hydrogen-bond acceptors (Lipinski definition) is 6. The number of benzene rings is 1. The van der Waals surface area contributed by atoms with Crippen LogP contribution in [0.3, 0.4) is 0 Å². The molecule has 0 aliphatic carbocycles. The van der Waals surface area contributed by atoms with Crippen molar-refractivity contribution in [3.63, 3.8) is 0 Å². The molecular weight excluding hydrogens is 364 g/mol. The van der Waals surface area contributed by atoms with Gasteiger partial charge in [-0.25, -0.2) is 0 Å². The monoisotopic (exact) mass is 378 g/mol. The quantitative estimate of drug-likeness (QED) is 0.637. The van der Waals surface area contributed by atoms with E-state index >= 15 is 0 Å². The summed E-state index contributed by atoms with van der Waals surface area (Å²) in [5.41, 5.74) is 0.866. The number of carbonyl (C=O) groups excluding carboxylic acids is 1. The summed E-state index contributed by atoms with van der Waals surface area (Å²) in [5.74, 6) is -1.01. The van der Waals surface area contributed by atoms with E-state index in [1.54, 1.807) is 22.0 Å². The van der Waals surface area contributed by atoms with E-state index in [1.165, 1.54) is 23.5 Å². The first-order chi connectivity index (χ1) is 11.5. The molecule has 0 spiro atoms. The number of likely N-dealkylation sites (N-methyl/N-ethyl adjacent to an activating group) is 1. The molecule has 3 rings (SSSR count). The number of carboxylic acid groups (broad SMARTS) is 1. The molecule has 2 aliphatic rings. The van der Waals surface area contributed by atoms with Crippen LogP contribution < -0.4 is 4.90 Å². The molecule has 5 nitrogen and oxygen atoms in total. The van der Waals surface area contributed by atoms with Crippen LogP contribution in [-0.4, -0.2) is 39.3 Å². The van der Waals surface area contributed by atoms with Gasteiger partial charge in [0, 0.05) is 11.4 Å². The average molecular weight is 379 g/mol. The molecule has 124 valence electrons. The minimum atomic E-state index is -0.907. The van der Waals surface area contributed by atoms with Crippen molar-refractivity contribution in [1.29, 1.82) is 0 Å². The number of thioether (sulfide) groups is 2. The van der Waals surface area contributed by atoms with Gasteiger partial charge in [0.25, 0.3) is 5.91 Å². The second-order valence-corrected chi connectivity index (χ2v) is 7.74. The highest BCUT2D eigenvalue weighted by Gasteiger charge is 2.31. The first-order valence-electron chi connectivity index (χ1n) is 7.23. The van der Waals surface area contributed by atoms with E-state index in [9.17, 15) is 9.59 Å². The van der Waals surface area contributed by atoms with Gasteiger partial charge in [-0.05, 0) is 31.2 Å². The van der Waals surface area contributed by atoms with Crippen LogP contribution in [0.5, 0.6) is 0 Å². The summed E-state index contributed by atoms with van der Waals surface area (Å²) in [5, 5.41) is 9.94. The third kappa shape index (κ3) is 3.22. The lowest BCUT2D eigenvalue weighted by Crippen LogP contribution is -2.27. The van der Waals surface area contributed by atoms with Crippen LogP contribution in [0.1, 0.15) is 6.92 Å². The zero-order valence-corrected chi connectivity index (χ0v) is 15.2. The summed E-state index contributed by atoms with van der Waals surface area (Å²) in [7, 11) is 0. The van der Waals surface area contributed by atoms with Gasteiger partial charge >= 0.3 is 5.97 Å². The molecular formula is C16H14N2O3S3. The predicted molar refractivity (Wildman–Crippen MR) is 101 cm³/mol. The highest BCUT2D eigenvalue weighted by Crippen LogP contribution is 2.45. The van der Waals surface area contributed by atoms with E-state index in [2.05, 4.69) is 0 Å². The van der Waals surface area contributed by atoms with Gasteiger partial charge in [-0.15, -0.1) is 0 Å². The number of allylic oxidation sites excluding steroid dienone is 2. The number of aliphatic carboxylic acids is 1. The number of rotatable bonds is 4. The summed E-state index contributed by atoms with van der Waals surface area (Å²) >= 11 is 7.95. The summed E-state index contributed by atoms with van der Waals surface area (Å²) in [6.45, 7) is 2.30. The van der Waals surface area contributed by atoms with E-state index in [0.29, 0.717) is 15.8 Å². The maximum absolute atomic E-state index is 12.2. The fourth-order valence-corrected chi connectivity index (χ4v) is 4.80. The van der Waals surface area contributed by atoms with Crippen molar-refractivity contribution < 1.29 is 14.7 Å². The van der Waals surface area contributed by atoms with Gasteiger partial charge in [-0.2, -0.15) is 0 Å². The molecule has 1 aromatic carbocycles. The first-order valence-corrected chi connectivity index (χ1v) is 9.27. The van der Waals surface area contributed by atoms with Crippen LogP contribution in [-0.2, 0) is 9.59 Å². The summed E-state index contributed by atoms with van der Waals surface area (Å²) in [6, 6.07) is 7.64. The van der Waals surface area contributed by atoms with E-state index < -0.39 is 5.97 Å². The van der Waals surface area contributed by atoms with Crippen molar-refractivity contribution in [3.8, 4) is 0 Å². The molecule has 1 N–H and O–H groups in total. The zero-order chi connectivity index (χ0) is 17.3. The second kappa shape index (κ2) is 7.00. The molecule has 1 aromatic rings. The highest BCUT2D eigenvalue weighted by molar-refractivity contribution is 8.26. The molecule has 2 heterocycles. The molecule has 0 aromatic heterocycles. The van der Waals surface area contributed by atoms with Crippen LogP contribution in [0.4, 0.5) is 5.69 Å². The molecule has 0 bridgehead atoms. The number of carboxylic acids is 1. The van der Waals surface area contributed by atoms with Gasteiger partial charge in [0.2, 0.25) is 0 Å². The Kier molecular flexibility index (Phi) is 4.98. The number of amides is 1. The lowest BCUT2D eigenvalue weighted by atomic mass is 10.3. The van der Waals surface area contributed by atoms with Gasteiger partial charge in [0.05, 0.1) is 15.6 Å². The molecule has 0 saturated carbocycles. The van der Waals surface area contributed by atoms with Gasteiger partial charge in [-0.1, -0.05) is 47.9 Å². The van der Waals surface area contributed by atoms with Gasteiger partial charge in [0.15, 0.2) is 0 Å². The molecule has 1 amide bonds. The Labute approximate surface area is 153 Å². The van der Waals surface area contributed by atoms with Crippen LogP contribution in [0, 0.1) is 0 Å². The Hall–Kier alpha value is -1.77. The van der Waals surface area contributed by atoms with Crippen molar-refractivity contribution in [2.45, 2.75) is 11.8 Å². The number of nitrogens with zero attached hydrogens (tertiary/aromatic N) is 2. The zero-order valence-electron chi connectivity index (χ0n) is 12.8. The van der Waals surface area contributed by atoms with Crippen molar-refractivity contribution in [1.82, 2.24) is 4.90 Å². The lowest BCUT2D eigenvalue weighted by molar-refractivity contribution is -0.135. The molecule has 1 saturated heterocycles. The van der Waals surface area contributed by atoms with Crippen LogP contribution in [0.15, 0.2) is 51.2 Å². The number of thiocarbonyl (C=S) groups is 1. The van der Waals surface area contributed by atoms with E-state index in [1.807, 2.05) is 31.2 Å². The van der Waals surface area contributed by atoms with Gasteiger partial charge < -0.3 is 10.0 Å². The molecule has 8 heteroatoms. The summed E-state index contributed by atoms with van der Waals surface area (Å²) < 4.78 is 0.553. The smallest absolute Gasteiger partial charge is 0.323 e. The van der Waals surface area contributed by atoms with Crippen molar-refractivity contribution >= 4 is 57.6 Å². The Morgan fingerprint density at radius 2 is 2.00 bits per heavy atom. The third-order valence-electron chi connectivity index (χ3n) is 3.50. The normalized spacial score (nSPS) is 20.4. The summed E-state index contributed by atoms with van der Waals surface area (Å²) in [4.78, 5) is 28.3. The van der Waals surface area contributed by atoms with E-state index in [4.69, 9.17) is 17.3 Å². The van der Waals surface area contributed by atoms with Gasteiger partial charge in [0.1, 0.15) is 10.9 Å². The van der Waals surface area contributed by atoms with E-state index in [0.717, 1.165) is 15.6 Å². The van der Waals surface area contributed by atoms with Crippen molar-refractivity contribution in [2.75, 3.05) is 18.0 Å². The molecule has 0 unspecified atom stereocenters. The van der Waals surface area contributed by atoms with E-state index in [-0.39, 0.29) is 12.5 Å². The standard InChI is InChI=1S/C16H14N2O3S3/c1-2-17-15(21)12(24-16(17)22)7-8-13-18(9-14(19)20)10-5-3-4-6-11(10)23-13/h3-8H,2,9H2,1H3,(H,19,20)/b12-7-,13-8+. The largest absolute Gasteiger partial charge is 0.480 e. The Morgan fingerprint density at radius 3 is 2.67 bits per heavy atom. The SMILES string of the molecule is CCN1C(=O)/C(=C/C=C2/Sc3ccccc3N2CC(=O)O)SC1=S. The average Bonchev–Trinajstić information content (AvgIpc) is 3.02. The lowest BCUT2D eigenvalue weighted by Gasteiger charge is -2.17. The Balaban J connectivity index is 1.90. The van der Waals surface area contributed by atoms with Crippen LogP contribution in [0.25, 0.3) is 0 Å². The molecule has 24 heavy (non-hydrogen) atoms. The summed E-state index contributed by atoms with van der Waals surface area (Å²) in [6.07, 6.45) is 3.51. The number of fused-ring (bicyclic) bond motifs is 1. The minimum Gasteiger partial charge on any atom is -0.480 e. The van der Waals surface area contributed by atoms with Crippen molar-refractivity contribution in [2.24, 2.45) is 0 Å².